The zero-order chi connectivity index (χ0) is 11.5. The average Bonchev–Trinajstić information content (AvgIpc) is 2.28. The summed E-state index contributed by atoms with van der Waals surface area (Å²) in [6.07, 6.45) is 5.79. The Morgan fingerprint density at radius 2 is 1.88 bits per heavy atom. The van der Waals surface area contributed by atoms with E-state index in [0.29, 0.717) is 12.7 Å². The molecule has 0 amide bonds. The summed E-state index contributed by atoms with van der Waals surface area (Å²) < 4.78 is 11.5. The van der Waals surface area contributed by atoms with Gasteiger partial charge in [0.25, 0.3) is 0 Å². The van der Waals surface area contributed by atoms with Crippen molar-refractivity contribution in [1.82, 2.24) is 0 Å². The van der Waals surface area contributed by atoms with E-state index >= 15 is 0 Å². The first-order valence-corrected chi connectivity index (χ1v) is 6.65. The molecule has 0 heterocycles. The number of aliphatic hydroxyl groups excluding tert-OH is 1. The van der Waals surface area contributed by atoms with Crippen LogP contribution in [0.15, 0.2) is 0 Å². The SMILES string of the molecule is CCOC1C(O)CC1OC1CCC(C)CC1. The van der Waals surface area contributed by atoms with Gasteiger partial charge in [-0.3, -0.25) is 0 Å². The molecule has 2 saturated carbocycles. The van der Waals surface area contributed by atoms with Crippen LogP contribution in [-0.4, -0.2) is 36.1 Å². The third-order valence-corrected chi connectivity index (χ3v) is 3.91. The molecule has 1 N–H and O–H groups in total. The molecule has 3 atom stereocenters. The van der Waals surface area contributed by atoms with Crippen molar-refractivity contribution in [3.8, 4) is 0 Å². The van der Waals surface area contributed by atoms with Gasteiger partial charge in [0.2, 0.25) is 0 Å². The molecular formula is C13H24O3. The zero-order valence-electron chi connectivity index (χ0n) is 10.4. The van der Waals surface area contributed by atoms with Crippen LogP contribution in [0.25, 0.3) is 0 Å². The second-order valence-corrected chi connectivity index (χ2v) is 5.28. The summed E-state index contributed by atoms with van der Waals surface area (Å²) in [5.74, 6) is 0.856. The molecule has 3 unspecified atom stereocenters. The summed E-state index contributed by atoms with van der Waals surface area (Å²) in [6, 6.07) is 0. The van der Waals surface area contributed by atoms with Crippen molar-refractivity contribution >= 4 is 0 Å². The molecule has 0 bridgehead atoms. The van der Waals surface area contributed by atoms with Gasteiger partial charge in [-0.15, -0.1) is 0 Å². The molecule has 0 radical (unpaired) electrons. The maximum atomic E-state index is 9.58. The van der Waals surface area contributed by atoms with Crippen LogP contribution in [0.4, 0.5) is 0 Å². The maximum absolute atomic E-state index is 9.58. The molecule has 0 aromatic rings. The largest absolute Gasteiger partial charge is 0.390 e. The van der Waals surface area contributed by atoms with E-state index in [1.807, 2.05) is 6.92 Å². The van der Waals surface area contributed by atoms with Gasteiger partial charge in [-0.25, -0.2) is 0 Å². The first kappa shape index (κ1) is 12.3. The number of rotatable bonds is 4. The van der Waals surface area contributed by atoms with Crippen LogP contribution < -0.4 is 0 Å². The molecule has 2 fully saturated rings. The minimum absolute atomic E-state index is 0.0793. The van der Waals surface area contributed by atoms with Crippen LogP contribution >= 0.6 is 0 Å². The second kappa shape index (κ2) is 5.48. The van der Waals surface area contributed by atoms with E-state index in [9.17, 15) is 5.11 Å². The van der Waals surface area contributed by atoms with Crippen molar-refractivity contribution in [1.29, 1.82) is 0 Å². The highest BCUT2D eigenvalue weighted by Gasteiger charge is 2.43. The first-order chi connectivity index (χ1) is 7.70. The summed E-state index contributed by atoms with van der Waals surface area (Å²) in [5.41, 5.74) is 0. The lowest BCUT2D eigenvalue weighted by Gasteiger charge is -2.43. The molecule has 0 aromatic carbocycles. The minimum atomic E-state index is -0.313. The Labute approximate surface area is 98.1 Å². The van der Waals surface area contributed by atoms with Gasteiger partial charge in [-0.2, -0.15) is 0 Å². The summed E-state index contributed by atoms with van der Waals surface area (Å²) in [5, 5.41) is 9.58. The van der Waals surface area contributed by atoms with E-state index in [1.54, 1.807) is 0 Å². The molecule has 3 heteroatoms. The van der Waals surface area contributed by atoms with Gasteiger partial charge in [-0.1, -0.05) is 6.92 Å². The number of hydrogen-bond donors (Lipinski definition) is 1. The second-order valence-electron chi connectivity index (χ2n) is 5.28. The van der Waals surface area contributed by atoms with Crippen molar-refractivity contribution in [3.63, 3.8) is 0 Å². The van der Waals surface area contributed by atoms with Crippen LogP contribution in [0.3, 0.4) is 0 Å². The van der Waals surface area contributed by atoms with Gasteiger partial charge in [0, 0.05) is 13.0 Å². The quantitative estimate of drug-likeness (QED) is 0.801. The number of ether oxygens (including phenoxy) is 2. The lowest BCUT2D eigenvalue weighted by Crippen LogP contribution is -2.54. The maximum Gasteiger partial charge on any atom is 0.110 e. The standard InChI is InChI=1S/C13H24O3/c1-3-15-13-11(14)8-12(13)16-10-6-4-9(2)5-7-10/h9-14H,3-8H2,1-2H3. The van der Waals surface area contributed by atoms with Gasteiger partial charge < -0.3 is 14.6 Å². The van der Waals surface area contributed by atoms with Crippen molar-refractivity contribution in [2.75, 3.05) is 6.61 Å². The van der Waals surface area contributed by atoms with Gasteiger partial charge >= 0.3 is 0 Å². The van der Waals surface area contributed by atoms with Crippen molar-refractivity contribution in [2.24, 2.45) is 5.92 Å². The predicted molar refractivity (Wildman–Crippen MR) is 62.3 cm³/mol. The molecule has 94 valence electrons. The molecule has 16 heavy (non-hydrogen) atoms. The highest BCUT2D eigenvalue weighted by atomic mass is 16.6. The number of aliphatic hydroxyl groups is 1. The molecule has 0 spiro atoms. The highest BCUT2D eigenvalue weighted by molar-refractivity contribution is 4.93. The van der Waals surface area contributed by atoms with Crippen LogP contribution in [0.5, 0.6) is 0 Å². The van der Waals surface area contributed by atoms with Crippen molar-refractivity contribution in [2.45, 2.75) is 70.4 Å². The molecule has 0 aliphatic heterocycles. The van der Waals surface area contributed by atoms with Crippen molar-refractivity contribution < 1.29 is 14.6 Å². The van der Waals surface area contributed by atoms with Gasteiger partial charge in [0.05, 0.1) is 18.3 Å². The lowest BCUT2D eigenvalue weighted by molar-refractivity contribution is -0.209. The van der Waals surface area contributed by atoms with Crippen LogP contribution in [-0.2, 0) is 9.47 Å². The average molecular weight is 228 g/mol. The Balaban J connectivity index is 1.73. The van der Waals surface area contributed by atoms with E-state index in [4.69, 9.17) is 9.47 Å². The Bertz CT molecular complexity index is 211. The van der Waals surface area contributed by atoms with Crippen LogP contribution in [0, 0.1) is 5.92 Å². The molecule has 2 aliphatic carbocycles. The zero-order valence-corrected chi connectivity index (χ0v) is 10.4. The third kappa shape index (κ3) is 2.76. The van der Waals surface area contributed by atoms with Gasteiger partial charge in [0.1, 0.15) is 6.10 Å². The lowest BCUT2D eigenvalue weighted by atomic mass is 9.85. The topological polar surface area (TPSA) is 38.7 Å². The molecule has 0 aromatic heterocycles. The summed E-state index contributed by atoms with van der Waals surface area (Å²) in [4.78, 5) is 0. The van der Waals surface area contributed by atoms with Crippen LogP contribution in [0.1, 0.15) is 46.0 Å². The summed E-state index contributed by atoms with van der Waals surface area (Å²) >= 11 is 0. The van der Waals surface area contributed by atoms with Gasteiger partial charge in [-0.05, 0) is 38.5 Å². The highest BCUT2D eigenvalue weighted by Crippen LogP contribution is 2.33. The fraction of sp³-hybridized carbons (Fsp3) is 1.00. The molecule has 2 rings (SSSR count). The van der Waals surface area contributed by atoms with Gasteiger partial charge in [0.15, 0.2) is 0 Å². The molecular weight excluding hydrogens is 204 g/mol. The normalized spacial score (nSPS) is 44.1. The number of hydrogen-bond acceptors (Lipinski definition) is 3. The minimum Gasteiger partial charge on any atom is -0.390 e. The summed E-state index contributed by atoms with van der Waals surface area (Å²) in [6.45, 7) is 4.93. The van der Waals surface area contributed by atoms with E-state index in [0.717, 1.165) is 12.3 Å². The Kier molecular flexibility index (Phi) is 4.22. The van der Waals surface area contributed by atoms with E-state index in [2.05, 4.69) is 6.92 Å². The molecule has 2 aliphatic rings. The Hall–Kier alpha value is -0.120. The van der Waals surface area contributed by atoms with Crippen LogP contribution in [0.2, 0.25) is 0 Å². The molecule has 3 nitrogen and oxygen atoms in total. The van der Waals surface area contributed by atoms with E-state index in [-0.39, 0.29) is 18.3 Å². The Morgan fingerprint density at radius 3 is 2.44 bits per heavy atom. The Morgan fingerprint density at radius 1 is 1.19 bits per heavy atom. The molecule has 0 saturated heterocycles. The summed E-state index contributed by atoms with van der Waals surface area (Å²) in [7, 11) is 0. The predicted octanol–water partition coefficient (Wildman–Crippen LogP) is 2.12. The first-order valence-electron chi connectivity index (χ1n) is 6.65. The van der Waals surface area contributed by atoms with E-state index < -0.39 is 0 Å². The monoisotopic (exact) mass is 228 g/mol. The fourth-order valence-electron chi connectivity index (χ4n) is 2.71. The van der Waals surface area contributed by atoms with Crippen molar-refractivity contribution in [3.05, 3.63) is 0 Å². The third-order valence-electron chi connectivity index (χ3n) is 3.91. The smallest absolute Gasteiger partial charge is 0.110 e. The fourth-order valence-corrected chi connectivity index (χ4v) is 2.71. The van der Waals surface area contributed by atoms with E-state index in [1.165, 1.54) is 25.7 Å².